The summed E-state index contributed by atoms with van der Waals surface area (Å²) in [6, 6.07) is 15.7. The molecule has 0 aliphatic carbocycles. The Bertz CT molecular complexity index is 1110. The first-order valence-electron chi connectivity index (χ1n) is 12.5. The maximum Gasteiger partial charge on any atom is 0.243 e. The summed E-state index contributed by atoms with van der Waals surface area (Å²) >= 11 is 0. The van der Waals surface area contributed by atoms with Gasteiger partial charge in [-0.05, 0) is 56.5 Å². The summed E-state index contributed by atoms with van der Waals surface area (Å²) in [7, 11) is 1.62. The fourth-order valence-electron chi connectivity index (χ4n) is 4.33. The average Bonchev–Trinajstić information content (AvgIpc) is 3.21. The lowest BCUT2D eigenvalue weighted by Crippen LogP contribution is -2.46. The Morgan fingerprint density at radius 3 is 2.31 bits per heavy atom. The number of aromatic nitrogens is 2. The number of nitrogens with one attached hydrogen (secondary N) is 1. The average molecular weight is 479 g/mol. The van der Waals surface area contributed by atoms with Crippen molar-refractivity contribution in [2.45, 2.75) is 72.0 Å². The molecule has 2 aromatic carbocycles. The number of para-hydroxylation sites is 2. The lowest BCUT2D eigenvalue weighted by molar-refractivity contribution is -0.136. The third-order valence-electron chi connectivity index (χ3n) is 6.64. The fourth-order valence-corrected chi connectivity index (χ4v) is 4.33. The second-order valence-corrected chi connectivity index (χ2v) is 9.04. The molecule has 7 heteroatoms. The van der Waals surface area contributed by atoms with Crippen LogP contribution in [0.3, 0.4) is 0 Å². The Morgan fingerprint density at radius 2 is 1.69 bits per heavy atom. The highest BCUT2D eigenvalue weighted by atomic mass is 16.5. The zero-order valence-electron chi connectivity index (χ0n) is 21.6. The van der Waals surface area contributed by atoms with E-state index < -0.39 is 0 Å². The molecule has 1 N–H and O–H groups in total. The number of fused-ring (bicyclic) bond motifs is 1. The summed E-state index contributed by atoms with van der Waals surface area (Å²) in [6.45, 7) is 9.13. The van der Waals surface area contributed by atoms with Crippen molar-refractivity contribution in [3.05, 3.63) is 59.9 Å². The van der Waals surface area contributed by atoms with E-state index in [0.717, 1.165) is 41.0 Å². The predicted octanol–water partition coefficient (Wildman–Crippen LogP) is 4.37. The molecule has 1 heterocycles. The van der Waals surface area contributed by atoms with Crippen LogP contribution in [0.2, 0.25) is 0 Å². The SMILES string of the molecule is CCC(C)N(C(=O)Cn1c(CCNC(=O)Cc2ccc(OC)cc2)nc2ccccc21)C(C)CC. The van der Waals surface area contributed by atoms with Crippen molar-refractivity contribution in [3.8, 4) is 5.75 Å². The number of imidazole rings is 1. The van der Waals surface area contributed by atoms with Crippen molar-refractivity contribution < 1.29 is 14.3 Å². The maximum atomic E-state index is 13.4. The number of amides is 2. The van der Waals surface area contributed by atoms with E-state index in [4.69, 9.17) is 9.72 Å². The van der Waals surface area contributed by atoms with E-state index in [0.29, 0.717) is 19.4 Å². The summed E-state index contributed by atoms with van der Waals surface area (Å²) in [6.07, 6.45) is 2.67. The summed E-state index contributed by atoms with van der Waals surface area (Å²) in [4.78, 5) is 32.7. The third-order valence-corrected chi connectivity index (χ3v) is 6.64. The van der Waals surface area contributed by atoms with E-state index in [9.17, 15) is 9.59 Å². The molecular formula is C28H38N4O3. The molecule has 0 aliphatic rings. The van der Waals surface area contributed by atoms with Gasteiger partial charge in [0.1, 0.15) is 18.1 Å². The second-order valence-electron chi connectivity index (χ2n) is 9.04. The van der Waals surface area contributed by atoms with Gasteiger partial charge >= 0.3 is 0 Å². The summed E-state index contributed by atoms with van der Waals surface area (Å²) in [5, 5.41) is 2.99. The van der Waals surface area contributed by atoms with Gasteiger partial charge < -0.3 is 19.5 Å². The van der Waals surface area contributed by atoms with Gasteiger partial charge in [0.2, 0.25) is 11.8 Å². The lowest BCUT2D eigenvalue weighted by atomic mass is 10.1. The minimum Gasteiger partial charge on any atom is -0.497 e. The van der Waals surface area contributed by atoms with Gasteiger partial charge in [-0.25, -0.2) is 4.98 Å². The normalized spacial score (nSPS) is 12.8. The number of benzene rings is 2. The molecule has 0 fully saturated rings. The Kier molecular flexibility index (Phi) is 9.29. The summed E-state index contributed by atoms with van der Waals surface area (Å²) in [5.41, 5.74) is 2.73. The number of carbonyl (C=O) groups excluding carboxylic acids is 2. The van der Waals surface area contributed by atoms with E-state index >= 15 is 0 Å². The van der Waals surface area contributed by atoms with Gasteiger partial charge in [-0.2, -0.15) is 0 Å². The Balaban J connectivity index is 1.70. The van der Waals surface area contributed by atoms with Gasteiger partial charge in [0.15, 0.2) is 0 Å². The van der Waals surface area contributed by atoms with Crippen LogP contribution >= 0.6 is 0 Å². The Labute approximate surface area is 208 Å². The third kappa shape index (κ3) is 6.62. The molecular weight excluding hydrogens is 440 g/mol. The molecule has 35 heavy (non-hydrogen) atoms. The zero-order chi connectivity index (χ0) is 25.4. The van der Waals surface area contributed by atoms with Gasteiger partial charge in [-0.3, -0.25) is 9.59 Å². The molecule has 0 saturated carbocycles. The molecule has 188 valence electrons. The van der Waals surface area contributed by atoms with E-state index in [-0.39, 0.29) is 30.4 Å². The second kappa shape index (κ2) is 12.4. The molecule has 0 radical (unpaired) electrons. The molecule has 0 spiro atoms. The summed E-state index contributed by atoms with van der Waals surface area (Å²) in [5.74, 6) is 1.62. The molecule has 0 bridgehead atoms. The van der Waals surface area contributed by atoms with Crippen LogP contribution in [-0.2, 0) is 29.0 Å². The first-order chi connectivity index (χ1) is 16.9. The molecule has 1 aromatic heterocycles. The van der Waals surface area contributed by atoms with E-state index in [1.54, 1.807) is 7.11 Å². The molecule has 3 rings (SSSR count). The quantitative estimate of drug-likeness (QED) is 0.419. The van der Waals surface area contributed by atoms with Gasteiger partial charge in [0.05, 0.1) is 24.6 Å². The number of ether oxygens (including phenoxy) is 1. The maximum absolute atomic E-state index is 13.4. The summed E-state index contributed by atoms with van der Waals surface area (Å²) < 4.78 is 7.17. The fraction of sp³-hybridized carbons (Fsp3) is 0.464. The van der Waals surface area contributed by atoms with Gasteiger partial charge in [0.25, 0.3) is 0 Å². The molecule has 2 amide bonds. The molecule has 7 nitrogen and oxygen atoms in total. The minimum absolute atomic E-state index is 0.0476. The lowest BCUT2D eigenvalue weighted by Gasteiger charge is -2.34. The molecule has 0 aliphatic heterocycles. The predicted molar refractivity (Wildman–Crippen MR) is 139 cm³/mol. The van der Waals surface area contributed by atoms with Gasteiger partial charge in [-0.15, -0.1) is 0 Å². The van der Waals surface area contributed by atoms with Crippen LogP contribution in [0.4, 0.5) is 0 Å². The largest absolute Gasteiger partial charge is 0.497 e. The van der Waals surface area contributed by atoms with E-state index in [1.807, 2.05) is 58.0 Å². The standard InChI is InChI=1S/C28H38N4O3/c1-6-20(3)32(21(4)7-2)28(34)19-31-25-11-9-8-10-24(25)30-26(31)16-17-29-27(33)18-22-12-14-23(35-5)15-13-22/h8-15,20-21H,6-7,16-19H2,1-5H3,(H,29,33). The van der Waals surface area contributed by atoms with E-state index in [2.05, 4.69) is 33.0 Å². The Hall–Kier alpha value is -3.35. The van der Waals surface area contributed by atoms with Crippen LogP contribution in [0.1, 0.15) is 51.9 Å². The van der Waals surface area contributed by atoms with Crippen molar-refractivity contribution in [1.82, 2.24) is 19.8 Å². The van der Waals surface area contributed by atoms with Crippen LogP contribution in [0.15, 0.2) is 48.5 Å². The monoisotopic (exact) mass is 478 g/mol. The highest BCUT2D eigenvalue weighted by Crippen LogP contribution is 2.19. The van der Waals surface area contributed by atoms with E-state index in [1.165, 1.54) is 0 Å². The van der Waals surface area contributed by atoms with Crippen LogP contribution in [-0.4, -0.2) is 52.0 Å². The number of rotatable bonds is 12. The number of hydrogen-bond acceptors (Lipinski definition) is 4. The van der Waals surface area contributed by atoms with Crippen molar-refractivity contribution in [2.75, 3.05) is 13.7 Å². The zero-order valence-corrected chi connectivity index (χ0v) is 21.6. The van der Waals surface area contributed by atoms with Crippen molar-refractivity contribution in [2.24, 2.45) is 0 Å². The van der Waals surface area contributed by atoms with Crippen LogP contribution in [0, 0.1) is 0 Å². The van der Waals surface area contributed by atoms with Gasteiger partial charge in [0, 0.05) is 25.0 Å². The molecule has 3 aromatic rings. The van der Waals surface area contributed by atoms with Crippen LogP contribution in [0.25, 0.3) is 11.0 Å². The minimum atomic E-state index is -0.0476. The molecule has 0 saturated heterocycles. The number of hydrogen-bond donors (Lipinski definition) is 1. The van der Waals surface area contributed by atoms with Crippen molar-refractivity contribution >= 4 is 22.8 Å². The number of methoxy groups -OCH3 is 1. The van der Waals surface area contributed by atoms with Crippen LogP contribution < -0.4 is 10.1 Å². The van der Waals surface area contributed by atoms with Gasteiger partial charge in [-0.1, -0.05) is 38.1 Å². The Morgan fingerprint density at radius 1 is 1.03 bits per heavy atom. The number of carbonyl (C=O) groups is 2. The first kappa shape index (κ1) is 26.3. The van der Waals surface area contributed by atoms with Crippen molar-refractivity contribution in [3.63, 3.8) is 0 Å². The molecule has 2 unspecified atom stereocenters. The number of nitrogens with zero attached hydrogens (tertiary/aromatic N) is 3. The highest BCUT2D eigenvalue weighted by Gasteiger charge is 2.25. The highest BCUT2D eigenvalue weighted by molar-refractivity contribution is 5.82. The molecule has 2 atom stereocenters. The first-order valence-corrected chi connectivity index (χ1v) is 12.5. The topological polar surface area (TPSA) is 76.5 Å². The smallest absolute Gasteiger partial charge is 0.243 e. The van der Waals surface area contributed by atoms with Crippen molar-refractivity contribution in [1.29, 1.82) is 0 Å². The van der Waals surface area contributed by atoms with Crippen LogP contribution in [0.5, 0.6) is 5.75 Å².